The summed E-state index contributed by atoms with van der Waals surface area (Å²) in [5.41, 5.74) is 0.747. The normalized spacial score (nSPS) is 15.6. The molecule has 4 nitrogen and oxygen atoms in total. The Labute approximate surface area is 168 Å². The minimum absolute atomic E-state index is 0. The molecule has 0 spiro atoms. The number of hydrogen-bond donors (Lipinski definition) is 3. The van der Waals surface area contributed by atoms with Crippen LogP contribution in [0.25, 0.3) is 0 Å². The van der Waals surface area contributed by atoms with Gasteiger partial charge in [-0.05, 0) is 50.3 Å². The average molecular weight is 514 g/mol. The summed E-state index contributed by atoms with van der Waals surface area (Å²) in [6.45, 7) is 4.40. The molecule has 0 unspecified atom stereocenters. The van der Waals surface area contributed by atoms with Crippen LogP contribution in [0.3, 0.4) is 0 Å². The van der Waals surface area contributed by atoms with Gasteiger partial charge in [0.25, 0.3) is 0 Å². The first-order valence-electron chi connectivity index (χ1n) is 8.15. The third-order valence-electron chi connectivity index (χ3n) is 4.14. The number of nitrogens with one attached hydrogen (secondary N) is 2. The molecule has 3 N–H and O–H groups in total. The topological polar surface area (TPSA) is 56.7 Å². The Kier molecular flexibility index (Phi) is 9.51. The summed E-state index contributed by atoms with van der Waals surface area (Å²) < 4.78 is 14.5. The average Bonchev–Trinajstić information content (AvgIpc) is 3.31. The largest absolute Gasteiger partial charge is 0.396 e. The van der Waals surface area contributed by atoms with E-state index in [-0.39, 0.29) is 41.8 Å². The molecule has 0 aliphatic heterocycles. The first kappa shape index (κ1) is 21.6. The molecular weight excluding hydrogens is 488 g/mol. The predicted octanol–water partition coefficient (Wildman–Crippen LogP) is 3.47. The van der Waals surface area contributed by atoms with Gasteiger partial charge in [-0.15, -0.1) is 24.0 Å². The quantitative estimate of drug-likeness (QED) is 0.216. The monoisotopic (exact) mass is 513 g/mol. The molecule has 0 aromatic heterocycles. The lowest BCUT2D eigenvalue weighted by Crippen LogP contribution is -2.38. The first-order valence-corrected chi connectivity index (χ1v) is 8.95. The molecule has 0 heterocycles. The minimum Gasteiger partial charge on any atom is -0.396 e. The summed E-state index contributed by atoms with van der Waals surface area (Å²) in [7, 11) is 0. The van der Waals surface area contributed by atoms with Crippen LogP contribution in [0.4, 0.5) is 4.39 Å². The third kappa shape index (κ3) is 6.84. The van der Waals surface area contributed by atoms with E-state index in [0.29, 0.717) is 13.0 Å². The minimum atomic E-state index is -0.168. The number of hydrogen-bond acceptors (Lipinski definition) is 2. The number of aliphatic imine (C=N–C) groups is 1. The fourth-order valence-corrected chi connectivity index (χ4v) is 2.67. The second-order valence-electron chi connectivity index (χ2n) is 6.12. The summed E-state index contributed by atoms with van der Waals surface area (Å²) >= 11 is 3.26. The van der Waals surface area contributed by atoms with Crippen LogP contribution in [0.2, 0.25) is 0 Å². The van der Waals surface area contributed by atoms with Crippen LogP contribution in [-0.2, 0) is 6.42 Å². The molecule has 0 bridgehead atoms. The van der Waals surface area contributed by atoms with Gasteiger partial charge in [-0.2, -0.15) is 0 Å². The van der Waals surface area contributed by atoms with Crippen molar-refractivity contribution in [2.45, 2.75) is 32.6 Å². The molecule has 1 fully saturated rings. The highest BCUT2D eigenvalue weighted by molar-refractivity contribution is 14.0. The Morgan fingerprint density at radius 2 is 2.12 bits per heavy atom. The molecule has 0 atom stereocenters. The van der Waals surface area contributed by atoms with E-state index in [1.54, 1.807) is 0 Å². The standard InChI is InChI=1S/C17H25BrFN3O.HI/c1-2-20-16(22-11-17(12-23)7-8-17)21-9-3-4-13-5-6-14(18)10-15(13)19;/h5-6,10,23H,2-4,7-9,11-12H2,1H3,(H2,20,21,22);1H. The van der Waals surface area contributed by atoms with Crippen LogP contribution in [0.5, 0.6) is 0 Å². The van der Waals surface area contributed by atoms with Crippen molar-refractivity contribution in [1.29, 1.82) is 0 Å². The third-order valence-corrected chi connectivity index (χ3v) is 4.63. The molecule has 0 saturated heterocycles. The maximum Gasteiger partial charge on any atom is 0.191 e. The van der Waals surface area contributed by atoms with Crippen molar-refractivity contribution < 1.29 is 9.50 Å². The van der Waals surface area contributed by atoms with Gasteiger partial charge in [0.2, 0.25) is 0 Å². The Morgan fingerprint density at radius 1 is 1.38 bits per heavy atom. The van der Waals surface area contributed by atoms with Crippen molar-refractivity contribution in [2.75, 3.05) is 26.2 Å². The van der Waals surface area contributed by atoms with Gasteiger partial charge < -0.3 is 15.7 Å². The van der Waals surface area contributed by atoms with E-state index in [0.717, 1.165) is 48.3 Å². The molecule has 136 valence electrons. The predicted molar refractivity (Wildman–Crippen MR) is 111 cm³/mol. The Morgan fingerprint density at radius 3 is 2.71 bits per heavy atom. The maximum atomic E-state index is 13.7. The molecule has 1 aliphatic carbocycles. The van der Waals surface area contributed by atoms with E-state index < -0.39 is 0 Å². The van der Waals surface area contributed by atoms with Crippen molar-refractivity contribution in [2.24, 2.45) is 10.4 Å². The van der Waals surface area contributed by atoms with Crippen LogP contribution in [0.1, 0.15) is 31.7 Å². The highest BCUT2D eigenvalue weighted by Crippen LogP contribution is 2.45. The molecule has 1 aliphatic rings. The summed E-state index contributed by atoms with van der Waals surface area (Å²) in [6, 6.07) is 5.18. The van der Waals surface area contributed by atoms with Gasteiger partial charge >= 0.3 is 0 Å². The first-order chi connectivity index (χ1) is 11.1. The zero-order valence-corrected chi connectivity index (χ0v) is 17.9. The molecular formula is C17H26BrFIN3O. The second kappa shape index (κ2) is 10.6. The summed E-state index contributed by atoms with van der Waals surface area (Å²) in [4.78, 5) is 4.55. The van der Waals surface area contributed by atoms with E-state index in [1.165, 1.54) is 6.07 Å². The molecule has 1 aromatic carbocycles. The van der Waals surface area contributed by atoms with Gasteiger partial charge in [0.1, 0.15) is 5.82 Å². The lowest BCUT2D eigenvalue weighted by molar-refractivity contribution is 0.217. The van der Waals surface area contributed by atoms with Crippen LogP contribution < -0.4 is 10.6 Å². The van der Waals surface area contributed by atoms with Crippen LogP contribution >= 0.6 is 39.9 Å². The van der Waals surface area contributed by atoms with Gasteiger partial charge in [-0.3, -0.25) is 4.99 Å². The Balaban J connectivity index is 0.00000288. The maximum absolute atomic E-state index is 13.7. The molecule has 7 heteroatoms. The van der Waals surface area contributed by atoms with Gasteiger partial charge in [-0.25, -0.2) is 4.39 Å². The molecule has 1 aromatic rings. The number of benzene rings is 1. The summed E-state index contributed by atoms with van der Waals surface area (Å²) in [5.74, 6) is 0.599. The SMILES string of the molecule is CCNC(=NCC1(CO)CC1)NCCCc1ccc(Br)cc1F.I. The second-order valence-corrected chi connectivity index (χ2v) is 7.04. The number of halogens is 3. The zero-order chi connectivity index (χ0) is 16.7. The fraction of sp³-hybridized carbons (Fsp3) is 0.588. The molecule has 0 amide bonds. The fourth-order valence-electron chi connectivity index (χ4n) is 2.34. The summed E-state index contributed by atoms with van der Waals surface area (Å²) in [6.07, 6.45) is 3.62. The van der Waals surface area contributed by atoms with Crippen molar-refractivity contribution in [3.05, 3.63) is 34.1 Å². The van der Waals surface area contributed by atoms with Gasteiger partial charge in [-0.1, -0.05) is 22.0 Å². The number of aryl methyl sites for hydroxylation is 1. The lowest BCUT2D eigenvalue weighted by Gasteiger charge is -2.13. The lowest BCUT2D eigenvalue weighted by atomic mass is 10.1. The van der Waals surface area contributed by atoms with E-state index in [9.17, 15) is 9.50 Å². The van der Waals surface area contributed by atoms with Crippen molar-refractivity contribution in [3.63, 3.8) is 0 Å². The molecule has 0 radical (unpaired) electrons. The smallest absolute Gasteiger partial charge is 0.191 e. The molecule has 2 rings (SSSR count). The van der Waals surface area contributed by atoms with E-state index in [4.69, 9.17) is 0 Å². The Hall–Kier alpha value is -0.410. The zero-order valence-electron chi connectivity index (χ0n) is 13.9. The van der Waals surface area contributed by atoms with Crippen LogP contribution in [0, 0.1) is 11.2 Å². The van der Waals surface area contributed by atoms with E-state index in [1.807, 2.05) is 19.1 Å². The highest BCUT2D eigenvalue weighted by atomic mass is 127. The number of aliphatic hydroxyl groups excluding tert-OH is 1. The molecule has 24 heavy (non-hydrogen) atoms. The highest BCUT2D eigenvalue weighted by Gasteiger charge is 2.41. The number of guanidine groups is 1. The molecule has 1 saturated carbocycles. The van der Waals surface area contributed by atoms with E-state index >= 15 is 0 Å². The summed E-state index contributed by atoms with van der Waals surface area (Å²) in [5, 5.41) is 15.8. The van der Waals surface area contributed by atoms with Gasteiger partial charge in [0.05, 0.1) is 13.2 Å². The van der Waals surface area contributed by atoms with Gasteiger partial charge in [0.15, 0.2) is 5.96 Å². The van der Waals surface area contributed by atoms with E-state index in [2.05, 4.69) is 31.6 Å². The van der Waals surface area contributed by atoms with Crippen molar-refractivity contribution in [1.82, 2.24) is 10.6 Å². The van der Waals surface area contributed by atoms with Crippen LogP contribution in [-0.4, -0.2) is 37.3 Å². The van der Waals surface area contributed by atoms with Crippen molar-refractivity contribution in [3.8, 4) is 0 Å². The van der Waals surface area contributed by atoms with Crippen LogP contribution in [0.15, 0.2) is 27.7 Å². The number of rotatable bonds is 8. The van der Waals surface area contributed by atoms with Crippen molar-refractivity contribution >= 4 is 45.9 Å². The number of aliphatic hydroxyl groups is 1. The van der Waals surface area contributed by atoms with Gasteiger partial charge in [0, 0.05) is 23.0 Å². The number of nitrogens with zero attached hydrogens (tertiary/aromatic N) is 1. The Bertz CT molecular complexity index is 553.